The van der Waals surface area contributed by atoms with Gasteiger partial charge in [0.05, 0.1) is 0 Å². The van der Waals surface area contributed by atoms with Crippen molar-refractivity contribution in [1.29, 1.82) is 0 Å². The lowest BCUT2D eigenvalue weighted by molar-refractivity contribution is 0.575. The van der Waals surface area contributed by atoms with Crippen LogP contribution in [0.3, 0.4) is 0 Å². The summed E-state index contributed by atoms with van der Waals surface area (Å²) >= 11 is 0. The molecule has 0 heterocycles. The van der Waals surface area contributed by atoms with Crippen LogP contribution in [-0.2, 0) is 4.46 Å². The van der Waals surface area contributed by atoms with Crippen LogP contribution in [0.4, 0.5) is 0 Å². The summed E-state index contributed by atoms with van der Waals surface area (Å²) < 4.78 is 13.1. The first-order valence-electron chi connectivity index (χ1n) is 7.01. The van der Waals surface area contributed by atoms with Crippen LogP contribution in [0.25, 0.3) is 0 Å². The summed E-state index contributed by atoms with van der Waals surface area (Å²) in [6.45, 7) is 12.4. The molecule has 0 atom stereocenters. The molecule has 0 aliphatic heterocycles. The van der Waals surface area contributed by atoms with E-state index in [0.29, 0.717) is 0 Å². The third kappa shape index (κ3) is 2.66. The van der Waals surface area contributed by atoms with Crippen LogP contribution in [0.15, 0.2) is 24.3 Å². The predicted molar refractivity (Wildman–Crippen MR) is 87.0 cm³/mol. The highest BCUT2D eigenvalue weighted by molar-refractivity contribution is 6.74. The highest BCUT2D eigenvalue weighted by Crippen LogP contribution is 2.09. The van der Waals surface area contributed by atoms with Gasteiger partial charge in [0.1, 0.15) is 0 Å². The zero-order valence-corrected chi connectivity index (χ0v) is 14.2. The topological polar surface area (TPSA) is 17.1 Å². The molecule has 0 unspecified atom stereocenters. The molecule has 0 aromatic heterocycles. The Bertz CT molecular complexity index is 593. The van der Waals surface area contributed by atoms with Gasteiger partial charge in [0.15, 0.2) is 0 Å². The van der Waals surface area contributed by atoms with Gasteiger partial charge >= 0.3 is 8.68 Å². The standard InChI is InChI=1S/C18H22OSi/c1-11-7-13(3)17(14(4)8-11)20(19)18-15(5)9-12(2)10-16(18)6/h7-10H,1-6H3. The molecule has 0 bridgehead atoms. The summed E-state index contributed by atoms with van der Waals surface area (Å²) in [5, 5.41) is 2.08. The lowest BCUT2D eigenvalue weighted by Crippen LogP contribution is -2.40. The largest absolute Gasteiger partial charge is 0.376 e. The van der Waals surface area contributed by atoms with E-state index in [2.05, 4.69) is 65.8 Å². The van der Waals surface area contributed by atoms with Crippen LogP contribution in [0.2, 0.25) is 0 Å². The molecule has 2 aromatic carbocycles. The Labute approximate surface area is 123 Å². The molecule has 0 fully saturated rings. The predicted octanol–water partition coefficient (Wildman–Crippen LogP) is 3.07. The van der Waals surface area contributed by atoms with Crippen molar-refractivity contribution in [3.05, 3.63) is 57.6 Å². The molecule has 2 rings (SSSR count). The summed E-state index contributed by atoms with van der Waals surface area (Å²) in [5.41, 5.74) is 7.04. The summed E-state index contributed by atoms with van der Waals surface area (Å²) in [4.78, 5) is 0. The van der Waals surface area contributed by atoms with Crippen molar-refractivity contribution in [2.45, 2.75) is 41.5 Å². The second-order valence-electron chi connectivity index (χ2n) is 5.88. The fraction of sp³-hybridized carbons (Fsp3) is 0.333. The average Bonchev–Trinajstić information content (AvgIpc) is 2.25. The molecule has 0 aliphatic rings. The van der Waals surface area contributed by atoms with E-state index >= 15 is 0 Å². The Kier molecular flexibility index (Phi) is 4.05. The van der Waals surface area contributed by atoms with Gasteiger partial charge in [-0.05, 0) is 63.8 Å². The van der Waals surface area contributed by atoms with Gasteiger partial charge in [-0.2, -0.15) is 0 Å². The van der Waals surface area contributed by atoms with Crippen molar-refractivity contribution in [2.75, 3.05) is 0 Å². The summed E-state index contributed by atoms with van der Waals surface area (Å²) in [7, 11) is -1.95. The van der Waals surface area contributed by atoms with Crippen LogP contribution < -0.4 is 10.4 Å². The normalized spacial score (nSPS) is 10.7. The molecule has 20 heavy (non-hydrogen) atoms. The molecule has 1 nitrogen and oxygen atoms in total. The average molecular weight is 282 g/mol. The molecule has 2 heteroatoms. The first kappa shape index (κ1) is 14.9. The minimum Gasteiger partial charge on any atom is -0.376 e. The first-order valence-corrected chi connectivity index (χ1v) is 8.42. The minimum absolute atomic E-state index is 1.04. The highest BCUT2D eigenvalue weighted by atomic mass is 28.3. The van der Waals surface area contributed by atoms with Crippen molar-refractivity contribution in [1.82, 2.24) is 0 Å². The molecule has 0 saturated heterocycles. The Balaban J connectivity index is 2.64. The molecular formula is C18H22OSi. The number of hydrogen-bond acceptors (Lipinski definition) is 1. The third-order valence-corrected chi connectivity index (χ3v) is 6.29. The fourth-order valence-electron chi connectivity index (χ4n) is 3.20. The zero-order valence-electron chi connectivity index (χ0n) is 13.2. The maximum Gasteiger partial charge on any atom is 0.347 e. The van der Waals surface area contributed by atoms with Gasteiger partial charge in [-0.1, -0.05) is 35.4 Å². The molecule has 0 saturated carbocycles. The van der Waals surface area contributed by atoms with E-state index < -0.39 is 8.68 Å². The summed E-state index contributed by atoms with van der Waals surface area (Å²) in [6, 6.07) is 8.51. The number of hydrogen-bond donors (Lipinski definition) is 0. The number of rotatable bonds is 2. The van der Waals surface area contributed by atoms with Gasteiger partial charge in [0.2, 0.25) is 0 Å². The fourth-order valence-corrected chi connectivity index (χ4v) is 5.17. The molecule has 0 spiro atoms. The van der Waals surface area contributed by atoms with E-state index in [1.807, 2.05) is 0 Å². The van der Waals surface area contributed by atoms with Crippen LogP contribution in [0, 0.1) is 41.5 Å². The van der Waals surface area contributed by atoms with Crippen molar-refractivity contribution in [2.24, 2.45) is 0 Å². The Hall–Kier alpha value is -1.54. The summed E-state index contributed by atoms with van der Waals surface area (Å²) in [5.74, 6) is 0. The summed E-state index contributed by atoms with van der Waals surface area (Å²) in [6.07, 6.45) is 0. The van der Waals surface area contributed by atoms with Gasteiger partial charge in [-0.15, -0.1) is 0 Å². The van der Waals surface area contributed by atoms with Crippen molar-refractivity contribution < 1.29 is 4.46 Å². The molecule has 0 radical (unpaired) electrons. The molecular weight excluding hydrogens is 260 g/mol. The lowest BCUT2D eigenvalue weighted by Gasteiger charge is -2.13. The maximum atomic E-state index is 13.1. The van der Waals surface area contributed by atoms with E-state index in [9.17, 15) is 4.46 Å². The minimum atomic E-state index is -1.95. The molecule has 104 valence electrons. The maximum absolute atomic E-state index is 13.1. The molecule has 2 aromatic rings. The quantitative estimate of drug-likeness (QED) is 0.774. The van der Waals surface area contributed by atoms with Crippen LogP contribution >= 0.6 is 0 Å². The van der Waals surface area contributed by atoms with Gasteiger partial charge in [-0.3, -0.25) is 0 Å². The van der Waals surface area contributed by atoms with E-state index in [-0.39, 0.29) is 0 Å². The van der Waals surface area contributed by atoms with Gasteiger partial charge in [0, 0.05) is 10.4 Å². The first-order chi connectivity index (χ1) is 9.31. The number of benzene rings is 2. The molecule has 0 N–H and O–H groups in total. The van der Waals surface area contributed by atoms with E-state index in [4.69, 9.17) is 0 Å². The van der Waals surface area contributed by atoms with E-state index in [1.165, 1.54) is 11.1 Å². The van der Waals surface area contributed by atoms with Gasteiger partial charge in [-0.25, -0.2) is 0 Å². The van der Waals surface area contributed by atoms with Gasteiger partial charge < -0.3 is 4.46 Å². The number of aryl methyl sites for hydroxylation is 6. The van der Waals surface area contributed by atoms with Crippen LogP contribution in [0.1, 0.15) is 33.4 Å². The van der Waals surface area contributed by atoms with Crippen LogP contribution in [0.5, 0.6) is 0 Å². The van der Waals surface area contributed by atoms with Crippen molar-refractivity contribution >= 4 is 19.1 Å². The second kappa shape index (κ2) is 5.45. The Morgan fingerprint density at radius 3 is 1.10 bits per heavy atom. The zero-order chi connectivity index (χ0) is 15.0. The lowest BCUT2D eigenvalue weighted by atomic mass is 10.1. The second-order valence-corrected chi connectivity index (χ2v) is 7.53. The smallest absolute Gasteiger partial charge is 0.347 e. The highest BCUT2D eigenvalue weighted by Gasteiger charge is 2.21. The van der Waals surface area contributed by atoms with Crippen molar-refractivity contribution in [3.8, 4) is 0 Å². The van der Waals surface area contributed by atoms with Crippen molar-refractivity contribution in [3.63, 3.8) is 0 Å². The Morgan fingerprint density at radius 1 is 0.600 bits per heavy atom. The van der Waals surface area contributed by atoms with Crippen LogP contribution in [-0.4, -0.2) is 8.68 Å². The third-order valence-electron chi connectivity index (χ3n) is 3.81. The van der Waals surface area contributed by atoms with E-state index in [0.717, 1.165) is 32.6 Å². The van der Waals surface area contributed by atoms with E-state index in [1.54, 1.807) is 0 Å². The Morgan fingerprint density at radius 2 is 0.850 bits per heavy atom. The van der Waals surface area contributed by atoms with Gasteiger partial charge in [0.25, 0.3) is 0 Å². The molecule has 0 aliphatic carbocycles. The molecule has 0 amide bonds. The SMILES string of the molecule is Cc1cc(C)c([Si](=O)c2c(C)cc(C)cc2C)c(C)c1. The monoisotopic (exact) mass is 282 g/mol.